The van der Waals surface area contributed by atoms with Crippen LogP contribution in [0.4, 0.5) is 0 Å². The standard InChI is InChI=1S/C25H35NO2/c1-15(2)26(16(3)4)24(28)23-11-10-22-21-8-6-17-14-18(27)7-9-19(17)20(21)12-13-25(22,23)5/h7,9,12,14-16,21-23,27H,6,8,10-11,13H2,1-5H3/t21-,22+,23-,25+/m1/s1. The van der Waals surface area contributed by atoms with Crippen molar-refractivity contribution in [3.63, 3.8) is 0 Å². The smallest absolute Gasteiger partial charge is 0.226 e. The summed E-state index contributed by atoms with van der Waals surface area (Å²) in [4.78, 5) is 15.7. The first-order valence-electron chi connectivity index (χ1n) is 11.1. The Labute approximate surface area is 169 Å². The van der Waals surface area contributed by atoms with Crippen molar-refractivity contribution < 1.29 is 9.90 Å². The fourth-order valence-electron chi connectivity index (χ4n) is 6.65. The minimum atomic E-state index is 0.0711. The van der Waals surface area contributed by atoms with Gasteiger partial charge in [0.25, 0.3) is 0 Å². The predicted octanol–water partition coefficient (Wildman–Crippen LogP) is 5.42. The van der Waals surface area contributed by atoms with E-state index in [0.717, 1.165) is 32.1 Å². The highest BCUT2D eigenvalue weighted by Gasteiger charge is 2.55. The molecule has 1 aromatic rings. The lowest BCUT2D eigenvalue weighted by molar-refractivity contribution is -0.143. The summed E-state index contributed by atoms with van der Waals surface area (Å²) in [6, 6.07) is 6.35. The number of phenolic OH excluding ortho intramolecular Hbond substituents is 1. The summed E-state index contributed by atoms with van der Waals surface area (Å²) in [5.74, 6) is 2.02. The Morgan fingerprint density at radius 2 is 1.86 bits per heavy atom. The van der Waals surface area contributed by atoms with Crippen LogP contribution in [-0.4, -0.2) is 28.0 Å². The quantitative estimate of drug-likeness (QED) is 0.759. The number of carbonyl (C=O) groups excluding carboxylic acids is 1. The number of aryl methyl sites for hydroxylation is 1. The van der Waals surface area contributed by atoms with E-state index in [1.54, 1.807) is 0 Å². The van der Waals surface area contributed by atoms with Crippen LogP contribution in [0.5, 0.6) is 5.75 Å². The molecule has 3 aliphatic carbocycles. The van der Waals surface area contributed by atoms with Gasteiger partial charge in [-0.1, -0.05) is 19.1 Å². The maximum atomic E-state index is 13.6. The summed E-state index contributed by atoms with van der Waals surface area (Å²) in [7, 11) is 0. The summed E-state index contributed by atoms with van der Waals surface area (Å²) in [5, 5.41) is 9.85. The Kier molecular flexibility index (Phi) is 4.84. The average molecular weight is 382 g/mol. The van der Waals surface area contributed by atoms with E-state index < -0.39 is 0 Å². The van der Waals surface area contributed by atoms with E-state index >= 15 is 0 Å². The van der Waals surface area contributed by atoms with Crippen molar-refractivity contribution in [2.75, 3.05) is 0 Å². The largest absolute Gasteiger partial charge is 0.508 e. The third kappa shape index (κ3) is 2.89. The topological polar surface area (TPSA) is 40.5 Å². The number of phenols is 1. The number of hydrogen-bond acceptors (Lipinski definition) is 2. The van der Waals surface area contributed by atoms with Gasteiger partial charge in [-0.25, -0.2) is 0 Å². The number of carbonyl (C=O) groups is 1. The average Bonchev–Trinajstić information content (AvgIpc) is 2.97. The maximum Gasteiger partial charge on any atom is 0.226 e. The summed E-state index contributed by atoms with van der Waals surface area (Å²) in [6.07, 6.45) is 7.77. The van der Waals surface area contributed by atoms with Gasteiger partial charge in [0.15, 0.2) is 0 Å². The van der Waals surface area contributed by atoms with E-state index in [1.165, 1.54) is 16.7 Å². The minimum Gasteiger partial charge on any atom is -0.508 e. The van der Waals surface area contributed by atoms with Crippen LogP contribution in [0, 0.1) is 23.2 Å². The van der Waals surface area contributed by atoms with E-state index in [1.807, 2.05) is 12.1 Å². The van der Waals surface area contributed by atoms with Crippen LogP contribution in [0.25, 0.3) is 5.57 Å². The Hall–Kier alpha value is -1.77. The second-order valence-electron chi connectivity index (χ2n) is 10.0. The number of nitrogens with zero attached hydrogens (tertiary/aromatic N) is 1. The van der Waals surface area contributed by atoms with E-state index in [-0.39, 0.29) is 23.4 Å². The summed E-state index contributed by atoms with van der Waals surface area (Å²) in [5.41, 5.74) is 4.16. The fourth-order valence-corrected chi connectivity index (χ4v) is 6.65. The lowest BCUT2D eigenvalue weighted by atomic mass is 9.58. The molecule has 3 nitrogen and oxygen atoms in total. The van der Waals surface area contributed by atoms with Crippen LogP contribution >= 0.6 is 0 Å². The van der Waals surface area contributed by atoms with Gasteiger partial charge in [-0.3, -0.25) is 4.79 Å². The first-order chi connectivity index (χ1) is 13.2. The highest BCUT2D eigenvalue weighted by Crippen LogP contribution is 2.61. The zero-order valence-electron chi connectivity index (χ0n) is 18.0. The molecule has 1 N–H and O–H groups in total. The summed E-state index contributed by atoms with van der Waals surface area (Å²) in [6.45, 7) is 10.9. The van der Waals surface area contributed by atoms with Gasteiger partial charge in [0, 0.05) is 18.0 Å². The summed E-state index contributed by atoms with van der Waals surface area (Å²) < 4.78 is 0. The molecule has 0 aliphatic heterocycles. The van der Waals surface area contributed by atoms with Gasteiger partial charge >= 0.3 is 0 Å². The number of hydrogen-bond donors (Lipinski definition) is 1. The molecule has 0 spiro atoms. The van der Waals surface area contributed by atoms with E-state index in [0.29, 0.717) is 23.5 Å². The normalized spacial score (nSPS) is 31.2. The number of benzene rings is 1. The molecule has 0 radical (unpaired) electrons. The molecule has 3 heteroatoms. The fraction of sp³-hybridized carbons (Fsp3) is 0.640. The van der Waals surface area contributed by atoms with Gasteiger partial charge in [-0.15, -0.1) is 0 Å². The van der Waals surface area contributed by atoms with Gasteiger partial charge in [0.1, 0.15) is 5.75 Å². The molecule has 0 heterocycles. The van der Waals surface area contributed by atoms with Crippen molar-refractivity contribution in [1.82, 2.24) is 4.90 Å². The monoisotopic (exact) mass is 381 g/mol. The molecule has 28 heavy (non-hydrogen) atoms. The lowest BCUT2D eigenvalue weighted by Crippen LogP contribution is -2.49. The zero-order chi connectivity index (χ0) is 20.2. The highest BCUT2D eigenvalue weighted by atomic mass is 16.3. The van der Waals surface area contributed by atoms with Crippen LogP contribution in [0.2, 0.25) is 0 Å². The third-order valence-corrected chi connectivity index (χ3v) is 7.85. The molecule has 1 amide bonds. The second kappa shape index (κ2) is 6.93. The SMILES string of the molecule is CC(C)N(C(=O)[C@H]1CC[C@H]2[C@@H]3CCc4cc(O)ccc4C3=CC[C@]12C)C(C)C. The minimum absolute atomic E-state index is 0.0711. The van der Waals surface area contributed by atoms with Crippen LogP contribution in [0.1, 0.15) is 71.4 Å². The molecule has 1 aromatic carbocycles. The Morgan fingerprint density at radius 3 is 2.54 bits per heavy atom. The van der Waals surface area contributed by atoms with Crippen molar-refractivity contribution in [2.24, 2.45) is 23.2 Å². The van der Waals surface area contributed by atoms with Gasteiger partial charge in [0.2, 0.25) is 5.91 Å². The van der Waals surface area contributed by atoms with Crippen LogP contribution in [0.15, 0.2) is 24.3 Å². The molecule has 1 fully saturated rings. The zero-order valence-corrected chi connectivity index (χ0v) is 18.0. The van der Waals surface area contributed by atoms with Crippen LogP contribution < -0.4 is 0 Å². The molecular weight excluding hydrogens is 346 g/mol. The van der Waals surface area contributed by atoms with Crippen LogP contribution in [-0.2, 0) is 11.2 Å². The first-order valence-corrected chi connectivity index (χ1v) is 11.1. The van der Waals surface area contributed by atoms with Crippen molar-refractivity contribution in [1.29, 1.82) is 0 Å². The van der Waals surface area contributed by atoms with E-state index in [2.05, 4.69) is 51.7 Å². The molecule has 1 saturated carbocycles. The number of aromatic hydroxyl groups is 1. The Balaban J connectivity index is 1.66. The number of rotatable bonds is 3. The molecule has 0 bridgehead atoms. The molecule has 3 aliphatic rings. The van der Waals surface area contributed by atoms with Crippen LogP contribution in [0.3, 0.4) is 0 Å². The molecule has 0 unspecified atom stereocenters. The predicted molar refractivity (Wildman–Crippen MR) is 114 cm³/mol. The Bertz CT molecular complexity index is 801. The van der Waals surface area contributed by atoms with Crippen molar-refractivity contribution in [2.45, 2.75) is 78.8 Å². The van der Waals surface area contributed by atoms with Crippen molar-refractivity contribution in [3.05, 3.63) is 35.4 Å². The molecular formula is C25H35NO2. The number of allylic oxidation sites excluding steroid dienone is 2. The third-order valence-electron chi connectivity index (χ3n) is 7.85. The molecule has 4 rings (SSSR count). The first kappa shape index (κ1) is 19.5. The maximum absolute atomic E-state index is 13.6. The van der Waals surface area contributed by atoms with E-state index in [9.17, 15) is 9.90 Å². The molecule has 0 aromatic heterocycles. The van der Waals surface area contributed by atoms with E-state index in [4.69, 9.17) is 0 Å². The number of fused-ring (bicyclic) bond motifs is 5. The van der Waals surface area contributed by atoms with Gasteiger partial charge in [0.05, 0.1) is 0 Å². The van der Waals surface area contributed by atoms with Gasteiger partial charge in [-0.05, 0) is 106 Å². The molecule has 152 valence electrons. The Morgan fingerprint density at radius 1 is 1.14 bits per heavy atom. The second-order valence-corrected chi connectivity index (χ2v) is 10.0. The molecule has 4 atom stereocenters. The van der Waals surface area contributed by atoms with Crippen molar-refractivity contribution in [3.8, 4) is 5.75 Å². The highest BCUT2D eigenvalue weighted by molar-refractivity contribution is 5.82. The molecule has 0 saturated heterocycles. The van der Waals surface area contributed by atoms with Crippen molar-refractivity contribution >= 4 is 11.5 Å². The summed E-state index contributed by atoms with van der Waals surface area (Å²) >= 11 is 0. The lowest BCUT2D eigenvalue weighted by Gasteiger charge is -2.47. The number of amides is 1. The van der Waals surface area contributed by atoms with Gasteiger partial charge in [-0.2, -0.15) is 0 Å². The van der Waals surface area contributed by atoms with Gasteiger partial charge < -0.3 is 10.0 Å².